The van der Waals surface area contributed by atoms with E-state index in [1.165, 1.54) is 6.07 Å². The molecule has 0 aliphatic carbocycles. The predicted octanol–water partition coefficient (Wildman–Crippen LogP) is 3.57. The van der Waals surface area contributed by atoms with Crippen LogP contribution in [0, 0.1) is 6.92 Å². The molecule has 0 bridgehead atoms. The molecule has 1 N–H and O–H groups in total. The molecule has 3 aromatic heterocycles. The number of sulfonamides is 1. The van der Waals surface area contributed by atoms with Gasteiger partial charge in [0.15, 0.2) is 5.82 Å². The molecule has 10 nitrogen and oxygen atoms in total. The molecule has 0 aliphatic rings. The first-order valence-corrected chi connectivity index (χ1v) is 11.6. The number of aromatic nitrogens is 6. The molecule has 0 fully saturated rings. The highest BCUT2D eigenvalue weighted by Crippen LogP contribution is 2.26. The highest BCUT2D eigenvalue weighted by atomic mass is 32.2. The SMILES string of the molecule is Cc1ccn(-c2ccc(Oc3ccc(NS(=O)(=O)c4cccc5nsnc45)cc3)nn2)n1. The number of ether oxygens (including phenoxy) is 1. The molecule has 0 aliphatic heterocycles. The summed E-state index contributed by atoms with van der Waals surface area (Å²) < 4.78 is 43.7. The van der Waals surface area contributed by atoms with Gasteiger partial charge in [-0.25, -0.2) is 13.1 Å². The molecule has 5 rings (SSSR count). The summed E-state index contributed by atoms with van der Waals surface area (Å²) in [6, 6.07) is 16.6. The number of benzene rings is 2. The van der Waals surface area contributed by atoms with Gasteiger partial charge in [0, 0.05) is 18.0 Å². The molecule has 0 atom stereocenters. The largest absolute Gasteiger partial charge is 0.438 e. The van der Waals surface area contributed by atoms with Crippen molar-refractivity contribution in [1.82, 2.24) is 28.7 Å². The monoisotopic (exact) mass is 465 g/mol. The average molecular weight is 466 g/mol. The quantitative estimate of drug-likeness (QED) is 0.403. The lowest BCUT2D eigenvalue weighted by molar-refractivity contribution is 0.454. The van der Waals surface area contributed by atoms with Crippen LogP contribution in [0.2, 0.25) is 0 Å². The van der Waals surface area contributed by atoms with Crippen LogP contribution in [0.4, 0.5) is 5.69 Å². The fourth-order valence-corrected chi connectivity index (χ4v) is 4.78. The zero-order valence-electron chi connectivity index (χ0n) is 16.6. The van der Waals surface area contributed by atoms with Crippen LogP contribution < -0.4 is 9.46 Å². The highest BCUT2D eigenvalue weighted by molar-refractivity contribution is 7.93. The van der Waals surface area contributed by atoms with E-state index in [-0.39, 0.29) is 4.90 Å². The van der Waals surface area contributed by atoms with E-state index in [4.69, 9.17) is 4.74 Å². The van der Waals surface area contributed by atoms with Crippen molar-refractivity contribution in [1.29, 1.82) is 0 Å². The summed E-state index contributed by atoms with van der Waals surface area (Å²) in [5.74, 6) is 1.35. The van der Waals surface area contributed by atoms with E-state index in [0.717, 1.165) is 17.4 Å². The van der Waals surface area contributed by atoms with Gasteiger partial charge in [-0.15, -0.1) is 10.2 Å². The Hall–Kier alpha value is -3.90. The topological polar surface area (TPSA) is 125 Å². The van der Waals surface area contributed by atoms with E-state index < -0.39 is 10.0 Å². The Morgan fingerprint density at radius 1 is 0.969 bits per heavy atom. The van der Waals surface area contributed by atoms with Crippen molar-refractivity contribution in [2.45, 2.75) is 11.8 Å². The first kappa shape index (κ1) is 20.0. The molecule has 0 saturated carbocycles. The number of hydrogen-bond acceptors (Lipinski definition) is 9. The number of nitrogens with zero attached hydrogens (tertiary/aromatic N) is 6. The zero-order valence-corrected chi connectivity index (χ0v) is 18.2. The van der Waals surface area contributed by atoms with Gasteiger partial charge < -0.3 is 4.74 Å². The lowest BCUT2D eigenvalue weighted by Crippen LogP contribution is -2.13. The van der Waals surface area contributed by atoms with Crippen molar-refractivity contribution >= 4 is 38.5 Å². The van der Waals surface area contributed by atoms with Crippen LogP contribution in [0.3, 0.4) is 0 Å². The van der Waals surface area contributed by atoms with Crippen molar-refractivity contribution in [2.24, 2.45) is 0 Å². The molecule has 3 heterocycles. The molecule has 160 valence electrons. The van der Waals surface area contributed by atoms with E-state index in [1.807, 2.05) is 13.0 Å². The Balaban J connectivity index is 1.29. The molecule has 12 heteroatoms. The highest BCUT2D eigenvalue weighted by Gasteiger charge is 2.19. The number of aryl methyl sites for hydroxylation is 1. The number of fused-ring (bicyclic) bond motifs is 1. The normalized spacial score (nSPS) is 11.5. The van der Waals surface area contributed by atoms with Crippen LogP contribution >= 0.6 is 11.7 Å². The van der Waals surface area contributed by atoms with Gasteiger partial charge in [0.2, 0.25) is 5.88 Å². The van der Waals surface area contributed by atoms with Gasteiger partial charge >= 0.3 is 0 Å². The molecular weight excluding hydrogens is 450 g/mol. The smallest absolute Gasteiger partial charge is 0.264 e. The summed E-state index contributed by atoms with van der Waals surface area (Å²) in [6.07, 6.45) is 1.80. The van der Waals surface area contributed by atoms with Crippen molar-refractivity contribution in [2.75, 3.05) is 4.72 Å². The Morgan fingerprint density at radius 3 is 2.53 bits per heavy atom. The molecule has 2 aromatic carbocycles. The summed E-state index contributed by atoms with van der Waals surface area (Å²) in [5.41, 5.74) is 2.14. The summed E-state index contributed by atoms with van der Waals surface area (Å²) in [4.78, 5) is 0.0758. The Bertz CT molecular complexity index is 1490. The zero-order chi connectivity index (χ0) is 22.1. The maximum absolute atomic E-state index is 12.8. The third kappa shape index (κ3) is 4.00. The van der Waals surface area contributed by atoms with Gasteiger partial charge in [0.25, 0.3) is 10.0 Å². The van der Waals surface area contributed by atoms with Gasteiger partial charge in [-0.3, -0.25) is 4.72 Å². The second-order valence-electron chi connectivity index (χ2n) is 6.75. The van der Waals surface area contributed by atoms with Gasteiger partial charge in [-0.2, -0.15) is 13.8 Å². The van der Waals surface area contributed by atoms with Gasteiger partial charge in [0.1, 0.15) is 21.7 Å². The first-order chi connectivity index (χ1) is 15.5. The van der Waals surface area contributed by atoms with Crippen molar-refractivity contribution < 1.29 is 13.2 Å². The average Bonchev–Trinajstić information content (AvgIpc) is 3.44. The first-order valence-electron chi connectivity index (χ1n) is 9.36. The van der Waals surface area contributed by atoms with Crippen LogP contribution in [0.25, 0.3) is 16.9 Å². The van der Waals surface area contributed by atoms with E-state index in [0.29, 0.717) is 34.2 Å². The predicted molar refractivity (Wildman–Crippen MR) is 119 cm³/mol. The third-order valence-corrected chi connectivity index (χ3v) is 6.41. The maximum atomic E-state index is 12.8. The van der Waals surface area contributed by atoms with Crippen molar-refractivity contribution in [3.8, 4) is 17.4 Å². The fraction of sp³-hybridized carbons (Fsp3) is 0.0500. The second kappa shape index (κ2) is 7.98. The minimum absolute atomic E-state index is 0.0758. The van der Waals surface area contributed by atoms with E-state index in [9.17, 15) is 8.42 Å². The fourth-order valence-electron chi connectivity index (χ4n) is 2.95. The molecule has 0 saturated heterocycles. The van der Waals surface area contributed by atoms with Gasteiger partial charge in [-0.05, 0) is 55.5 Å². The lowest BCUT2D eigenvalue weighted by atomic mass is 10.3. The van der Waals surface area contributed by atoms with Gasteiger partial charge in [0.05, 0.1) is 17.4 Å². The molecule has 0 amide bonds. The molecule has 32 heavy (non-hydrogen) atoms. The van der Waals surface area contributed by atoms with Gasteiger partial charge in [-0.1, -0.05) is 6.07 Å². The van der Waals surface area contributed by atoms with Crippen molar-refractivity contribution in [3.63, 3.8) is 0 Å². The molecule has 0 unspecified atom stereocenters. The minimum atomic E-state index is -3.83. The van der Waals surface area contributed by atoms with Crippen LogP contribution in [0.5, 0.6) is 11.6 Å². The van der Waals surface area contributed by atoms with E-state index >= 15 is 0 Å². The summed E-state index contributed by atoms with van der Waals surface area (Å²) in [5, 5.41) is 12.4. The minimum Gasteiger partial charge on any atom is -0.438 e. The lowest BCUT2D eigenvalue weighted by Gasteiger charge is -2.09. The number of hydrogen-bond donors (Lipinski definition) is 1. The summed E-state index contributed by atoms with van der Waals surface area (Å²) in [7, 11) is -3.83. The number of anilines is 1. The second-order valence-corrected chi connectivity index (χ2v) is 8.93. The Labute approximate surface area is 186 Å². The number of nitrogens with one attached hydrogen (secondary N) is 1. The Kier molecular flexibility index (Phi) is 4.99. The van der Waals surface area contributed by atoms with Crippen LogP contribution in [0.1, 0.15) is 5.69 Å². The molecular formula is C20H15N7O3S2. The summed E-state index contributed by atoms with van der Waals surface area (Å²) >= 11 is 0.968. The summed E-state index contributed by atoms with van der Waals surface area (Å²) in [6.45, 7) is 1.89. The standard InChI is InChI=1S/C20H15N7O3S2/c1-13-11-12-27(23-13)18-9-10-19(22-21-18)30-15-7-5-14(6-8-15)26-32(28,29)17-4-2-3-16-20(17)25-31-24-16/h2-12,26H,1H3. The number of rotatable bonds is 6. The van der Waals surface area contributed by atoms with E-state index in [2.05, 4.69) is 28.8 Å². The maximum Gasteiger partial charge on any atom is 0.264 e. The van der Waals surface area contributed by atoms with Crippen LogP contribution in [-0.4, -0.2) is 37.1 Å². The van der Waals surface area contributed by atoms with Crippen molar-refractivity contribution in [3.05, 3.63) is 72.6 Å². The molecule has 5 aromatic rings. The molecule has 0 spiro atoms. The van der Waals surface area contributed by atoms with Crippen LogP contribution in [0.15, 0.2) is 71.8 Å². The van der Waals surface area contributed by atoms with Crippen LogP contribution in [-0.2, 0) is 10.0 Å². The van der Waals surface area contributed by atoms with E-state index in [1.54, 1.807) is 59.4 Å². The molecule has 0 radical (unpaired) electrons. The third-order valence-electron chi connectivity index (χ3n) is 4.45. The Morgan fingerprint density at radius 2 is 1.81 bits per heavy atom.